The highest BCUT2D eigenvalue weighted by atomic mass is 16.6. The SMILES string of the molecule is COc1cc(C(O)(O)[C@H](CO)Oc2ccc(/C=C/CO)cc2OC)ccc1O. The third-order valence-electron chi connectivity index (χ3n) is 4.09. The molecule has 8 nitrogen and oxygen atoms in total. The Morgan fingerprint density at radius 2 is 1.68 bits per heavy atom. The molecule has 0 aliphatic carbocycles. The highest BCUT2D eigenvalue weighted by molar-refractivity contribution is 5.56. The maximum Gasteiger partial charge on any atom is 0.230 e. The molecule has 2 aromatic carbocycles. The molecule has 28 heavy (non-hydrogen) atoms. The van der Waals surface area contributed by atoms with Crippen LogP contribution in [0.4, 0.5) is 0 Å². The van der Waals surface area contributed by atoms with Crippen LogP contribution in [-0.2, 0) is 5.79 Å². The van der Waals surface area contributed by atoms with Gasteiger partial charge in [-0.15, -0.1) is 0 Å². The molecule has 0 spiro atoms. The van der Waals surface area contributed by atoms with E-state index in [2.05, 4.69) is 0 Å². The number of hydrogen-bond acceptors (Lipinski definition) is 8. The number of aliphatic hydroxyl groups excluding tert-OH is 2. The summed E-state index contributed by atoms with van der Waals surface area (Å²) in [5.41, 5.74) is 0.698. The molecule has 5 N–H and O–H groups in total. The Morgan fingerprint density at radius 1 is 0.964 bits per heavy atom. The summed E-state index contributed by atoms with van der Waals surface area (Å²) in [6.45, 7) is -0.827. The minimum Gasteiger partial charge on any atom is -0.504 e. The number of benzene rings is 2. The van der Waals surface area contributed by atoms with Crippen molar-refractivity contribution in [3.8, 4) is 23.0 Å². The molecule has 0 aliphatic heterocycles. The van der Waals surface area contributed by atoms with Gasteiger partial charge in [0.2, 0.25) is 5.79 Å². The normalized spacial score (nSPS) is 12.8. The molecule has 8 heteroatoms. The van der Waals surface area contributed by atoms with Crippen LogP contribution < -0.4 is 14.2 Å². The predicted octanol–water partition coefficient (Wildman–Crippen LogP) is 0.992. The van der Waals surface area contributed by atoms with Crippen LogP contribution in [0.2, 0.25) is 0 Å². The number of methoxy groups -OCH3 is 2. The third-order valence-corrected chi connectivity index (χ3v) is 4.09. The van der Waals surface area contributed by atoms with Crippen molar-refractivity contribution in [1.82, 2.24) is 0 Å². The largest absolute Gasteiger partial charge is 0.504 e. The summed E-state index contributed by atoms with van der Waals surface area (Å²) in [6.07, 6.45) is 1.77. The minimum absolute atomic E-state index is 0.0392. The van der Waals surface area contributed by atoms with E-state index in [1.165, 1.54) is 32.4 Å². The van der Waals surface area contributed by atoms with Crippen molar-refractivity contribution in [3.63, 3.8) is 0 Å². The van der Waals surface area contributed by atoms with Gasteiger partial charge in [0.15, 0.2) is 29.1 Å². The fourth-order valence-corrected chi connectivity index (χ4v) is 2.57. The first-order chi connectivity index (χ1) is 13.4. The van der Waals surface area contributed by atoms with E-state index < -0.39 is 18.5 Å². The van der Waals surface area contributed by atoms with Crippen LogP contribution in [0.3, 0.4) is 0 Å². The summed E-state index contributed by atoms with van der Waals surface area (Å²) in [5.74, 6) is -2.23. The topological polar surface area (TPSA) is 129 Å². The number of aromatic hydroxyl groups is 1. The molecule has 0 fully saturated rings. The first-order valence-corrected chi connectivity index (χ1v) is 8.42. The Morgan fingerprint density at radius 3 is 2.29 bits per heavy atom. The molecule has 0 amide bonds. The second-order valence-corrected chi connectivity index (χ2v) is 5.90. The van der Waals surface area contributed by atoms with Gasteiger partial charge in [-0.3, -0.25) is 0 Å². The Kier molecular flexibility index (Phi) is 7.24. The van der Waals surface area contributed by atoms with Crippen LogP contribution in [0, 0.1) is 0 Å². The summed E-state index contributed by atoms with van der Waals surface area (Å²) < 4.78 is 15.9. The van der Waals surface area contributed by atoms with E-state index in [-0.39, 0.29) is 29.4 Å². The molecule has 2 aromatic rings. The van der Waals surface area contributed by atoms with Crippen LogP contribution in [0.15, 0.2) is 42.5 Å². The van der Waals surface area contributed by atoms with E-state index in [0.29, 0.717) is 5.75 Å². The Hall–Kier alpha value is -2.78. The lowest BCUT2D eigenvalue weighted by molar-refractivity contribution is -0.234. The quantitative estimate of drug-likeness (QED) is 0.400. The number of rotatable bonds is 9. The van der Waals surface area contributed by atoms with Gasteiger partial charge >= 0.3 is 0 Å². The van der Waals surface area contributed by atoms with Gasteiger partial charge < -0.3 is 39.7 Å². The van der Waals surface area contributed by atoms with Gasteiger partial charge in [0.05, 0.1) is 27.4 Å². The lowest BCUT2D eigenvalue weighted by Crippen LogP contribution is -2.45. The standard InChI is InChI=1S/C20H24O8/c1-26-17-11-14(6-7-15(17)23)20(24,25)19(12-22)28-16-8-5-13(4-3-9-21)10-18(16)27-2/h3-8,10-11,19,21-25H,9,12H2,1-2H3/b4-3+/t19-/m0/s1. The van der Waals surface area contributed by atoms with E-state index in [4.69, 9.17) is 19.3 Å². The fraction of sp³-hybridized carbons (Fsp3) is 0.300. The molecule has 0 bridgehead atoms. The van der Waals surface area contributed by atoms with E-state index in [9.17, 15) is 20.4 Å². The number of phenols is 1. The van der Waals surface area contributed by atoms with Crippen LogP contribution in [0.1, 0.15) is 11.1 Å². The van der Waals surface area contributed by atoms with E-state index in [1.54, 1.807) is 30.4 Å². The van der Waals surface area contributed by atoms with Gasteiger partial charge in [-0.2, -0.15) is 0 Å². The minimum atomic E-state index is -2.59. The highest BCUT2D eigenvalue weighted by Crippen LogP contribution is 2.35. The average Bonchev–Trinajstić information content (AvgIpc) is 2.70. The van der Waals surface area contributed by atoms with Crippen LogP contribution in [0.25, 0.3) is 6.08 Å². The average molecular weight is 392 g/mol. The zero-order valence-electron chi connectivity index (χ0n) is 15.6. The number of ether oxygens (including phenoxy) is 3. The van der Waals surface area contributed by atoms with Crippen molar-refractivity contribution < 1.29 is 39.7 Å². The van der Waals surface area contributed by atoms with Gasteiger partial charge in [0.25, 0.3) is 0 Å². The molecule has 1 atom stereocenters. The smallest absolute Gasteiger partial charge is 0.230 e. The van der Waals surface area contributed by atoms with Gasteiger partial charge in [-0.05, 0) is 35.9 Å². The molecule has 0 radical (unpaired) electrons. The fourth-order valence-electron chi connectivity index (χ4n) is 2.57. The zero-order chi connectivity index (χ0) is 20.7. The zero-order valence-corrected chi connectivity index (χ0v) is 15.6. The van der Waals surface area contributed by atoms with E-state index in [0.717, 1.165) is 5.56 Å². The van der Waals surface area contributed by atoms with Crippen LogP contribution in [0.5, 0.6) is 23.0 Å². The highest BCUT2D eigenvalue weighted by Gasteiger charge is 2.39. The lowest BCUT2D eigenvalue weighted by Gasteiger charge is -2.31. The molecular formula is C20H24O8. The summed E-state index contributed by atoms with van der Waals surface area (Å²) in [4.78, 5) is 0. The van der Waals surface area contributed by atoms with Gasteiger partial charge in [-0.1, -0.05) is 18.2 Å². The molecule has 0 heterocycles. The molecular weight excluding hydrogens is 368 g/mol. The molecule has 0 saturated carbocycles. The second-order valence-electron chi connectivity index (χ2n) is 5.90. The van der Waals surface area contributed by atoms with Crippen molar-refractivity contribution in [2.24, 2.45) is 0 Å². The Balaban J connectivity index is 2.33. The summed E-state index contributed by atoms with van der Waals surface area (Å²) in [5, 5.41) is 49.4. The summed E-state index contributed by atoms with van der Waals surface area (Å²) >= 11 is 0. The van der Waals surface area contributed by atoms with Crippen molar-refractivity contribution in [2.75, 3.05) is 27.4 Å². The van der Waals surface area contributed by atoms with Crippen LogP contribution in [-0.4, -0.2) is 59.1 Å². The number of phenolic OH excluding ortho intramolecular Hbond substituents is 1. The maximum atomic E-state index is 10.6. The van der Waals surface area contributed by atoms with Crippen molar-refractivity contribution >= 4 is 6.08 Å². The van der Waals surface area contributed by atoms with Crippen molar-refractivity contribution in [1.29, 1.82) is 0 Å². The lowest BCUT2D eigenvalue weighted by atomic mass is 9.99. The Labute approximate surface area is 162 Å². The van der Waals surface area contributed by atoms with Crippen molar-refractivity contribution in [3.05, 3.63) is 53.6 Å². The monoisotopic (exact) mass is 392 g/mol. The maximum absolute atomic E-state index is 10.6. The predicted molar refractivity (Wildman–Crippen MR) is 101 cm³/mol. The molecule has 0 saturated heterocycles. The molecule has 0 aromatic heterocycles. The molecule has 152 valence electrons. The number of aliphatic hydroxyl groups is 4. The van der Waals surface area contributed by atoms with Gasteiger partial charge in [0, 0.05) is 5.56 Å². The Bertz CT molecular complexity index is 816. The molecule has 0 aliphatic rings. The molecule has 0 unspecified atom stereocenters. The van der Waals surface area contributed by atoms with Gasteiger partial charge in [0.1, 0.15) is 0 Å². The van der Waals surface area contributed by atoms with Crippen LogP contribution >= 0.6 is 0 Å². The van der Waals surface area contributed by atoms with Crippen molar-refractivity contribution in [2.45, 2.75) is 11.9 Å². The number of hydrogen-bond donors (Lipinski definition) is 5. The third kappa shape index (κ3) is 4.73. The van der Waals surface area contributed by atoms with E-state index in [1.807, 2.05) is 0 Å². The second kappa shape index (κ2) is 9.43. The first-order valence-electron chi connectivity index (χ1n) is 8.42. The van der Waals surface area contributed by atoms with E-state index >= 15 is 0 Å². The summed E-state index contributed by atoms with van der Waals surface area (Å²) in [6, 6.07) is 8.62. The first kappa shape index (κ1) is 21.5. The molecule has 2 rings (SSSR count). The van der Waals surface area contributed by atoms with Gasteiger partial charge in [-0.25, -0.2) is 0 Å². The summed E-state index contributed by atoms with van der Waals surface area (Å²) in [7, 11) is 2.75.